The smallest absolute Gasteiger partial charge is 0.311 e. The molecule has 0 amide bonds. The van der Waals surface area contributed by atoms with Crippen molar-refractivity contribution >= 4 is 24.2 Å². The van der Waals surface area contributed by atoms with Crippen molar-refractivity contribution in [3.63, 3.8) is 0 Å². The van der Waals surface area contributed by atoms with Crippen molar-refractivity contribution in [3.8, 4) is 0 Å². The lowest BCUT2D eigenvalue weighted by molar-refractivity contribution is -0.144. The van der Waals surface area contributed by atoms with Crippen LogP contribution in [0.4, 0.5) is 0 Å². The van der Waals surface area contributed by atoms with Gasteiger partial charge in [0.15, 0.2) is 0 Å². The number of hydrogen-bond acceptors (Lipinski definition) is 4. The highest BCUT2D eigenvalue weighted by Gasteiger charge is 2.24. The number of ether oxygens (including phenoxy) is 1. The number of hydrogen-bond donors (Lipinski definition) is 1. The molecular formula is C6H11ClN2O2. The molecule has 4 nitrogen and oxygen atoms in total. The summed E-state index contributed by atoms with van der Waals surface area (Å²) < 4.78 is 4.51. The Bertz CT molecular complexity index is 181. The Hall–Kier alpha value is -0.770. The van der Waals surface area contributed by atoms with Gasteiger partial charge in [-0.15, -0.1) is 12.4 Å². The number of esters is 1. The fourth-order valence-electron chi connectivity index (χ4n) is 0.934. The third-order valence-corrected chi connectivity index (χ3v) is 1.50. The molecule has 0 fully saturated rings. The Labute approximate surface area is 71.2 Å². The Morgan fingerprint density at radius 2 is 2.45 bits per heavy atom. The van der Waals surface area contributed by atoms with Gasteiger partial charge in [-0.1, -0.05) is 0 Å². The standard InChI is InChI=1S/C6H10N2O2.ClH/c1-10-6(9)4-2-5(7)8-3-4;/h4H,2-3H2,1H3,(H2,7,8);1H. The maximum atomic E-state index is 10.8. The van der Waals surface area contributed by atoms with Crippen molar-refractivity contribution < 1.29 is 9.53 Å². The number of carbonyl (C=O) groups excluding carboxylic acids is 1. The van der Waals surface area contributed by atoms with Crippen molar-refractivity contribution in [2.45, 2.75) is 6.42 Å². The van der Waals surface area contributed by atoms with Gasteiger partial charge in [0.05, 0.1) is 25.4 Å². The Morgan fingerprint density at radius 3 is 2.82 bits per heavy atom. The second-order valence-corrected chi connectivity index (χ2v) is 2.26. The minimum Gasteiger partial charge on any atom is -0.469 e. The van der Waals surface area contributed by atoms with E-state index in [1.54, 1.807) is 0 Å². The van der Waals surface area contributed by atoms with Crippen LogP contribution in [0.25, 0.3) is 0 Å². The summed E-state index contributed by atoms with van der Waals surface area (Å²) in [6, 6.07) is 0. The topological polar surface area (TPSA) is 64.7 Å². The fourth-order valence-corrected chi connectivity index (χ4v) is 0.934. The molecule has 64 valence electrons. The third-order valence-electron chi connectivity index (χ3n) is 1.50. The van der Waals surface area contributed by atoms with Crippen LogP contribution in [0.1, 0.15) is 6.42 Å². The number of aliphatic imine (C=N–C) groups is 1. The summed E-state index contributed by atoms with van der Waals surface area (Å²) in [5.74, 6) is 0.199. The van der Waals surface area contributed by atoms with E-state index in [-0.39, 0.29) is 24.3 Å². The van der Waals surface area contributed by atoms with E-state index >= 15 is 0 Å². The van der Waals surface area contributed by atoms with Crippen LogP contribution in [-0.4, -0.2) is 25.5 Å². The lowest BCUT2D eigenvalue weighted by Crippen LogP contribution is -2.19. The first-order chi connectivity index (χ1) is 4.74. The molecule has 1 atom stereocenters. The van der Waals surface area contributed by atoms with Gasteiger partial charge >= 0.3 is 5.97 Å². The SMILES string of the molecule is COC(=O)C1CN=C(N)C1.Cl. The quantitative estimate of drug-likeness (QED) is 0.573. The van der Waals surface area contributed by atoms with E-state index in [9.17, 15) is 4.79 Å². The molecule has 1 heterocycles. The zero-order chi connectivity index (χ0) is 7.56. The van der Waals surface area contributed by atoms with Gasteiger partial charge in [0.2, 0.25) is 0 Å². The third kappa shape index (κ3) is 2.38. The molecule has 5 heteroatoms. The van der Waals surface area contributed by atoms with Gasteiger partial charge in [0, 0.05) is 6.42 Å². The molecule has 0 spiro atoms. The molecule has 0 saturated heterocycles. The normalized spacial score (nSPS) is 21.9. The van der Waals surface area contributed by atoms with E-state index in [0.717, 1.165) is 0 Å². The van der Waals surface area contributed by atoms with Gasteiger partial charge in [-0.25, -0.2) is 0 Å². The van der Waals surface area contributed by atoms with Crippen molar-refractivity contribution in [1.82, 2.24) is 0 Å². The average molecular weight is 179 g/mol. The van der Waals surface area contributed by atoms with E-state index in [1.165, 1.54) is 7.11 Å². The lowest BCUT2D eigenvalue weighted by Gasteiger charge is -2.03. The molecule has 1 unspecified atom stereocenters. The summed E-state index contributed by atoms with van der Waals surface area (Å²) in [5, 5.41) is 0. The molecule has 11 heavy (non-hydrogen) atoms. The molecule has 1 rings (SSSR count). The molecule has 0 aliphatic carbocycles. The van der Waals surface area contributed by atoms with E-state index in [1.807, 2.05) is 0 Å². The molecule has 1 aliphatic rings. The second kappa shape index (κ2) is 4.18. The molecule has 0 saturated carbocycles. The molecule has 0 bridgehead atoms. The van der Waals surface area contributed by atoms with Gasteiger partial charge in [-0.05, 0) is 0 Å². The molecule has 0 aromatic heterocycles. The number of nitrogens with two attached hydrogens (primary N) is 1. The summed E-state index contributed by atoms with van der Waals surface area (Å²) >= 11 is 0. The van der Waals surface area contributed by atoms with Crippen LogP contribution in [0, 0.1) is 5.92 Å². The molecule has 1 aliphatic heterocycles. The summed E-state index contributed by atoms with van der Waals surface area (Å²) in [7, 11) is 1.37. The summed E-state index contributed by atoms with van der Waals surface area (Å²) in [6.07, 6.45) is 0.548. The van der Waals surface area contributed by atoms with E-state index < -0.39 is 0 Å². The van der Waals surface area contributed by atoms with Crippen LogP contribution >= 0.6 is 12.4 Å². The maximum Gasteiger partial charge on any atom is 0.311 e. The maximum absolute atomic E-state index is 10.8. The largest absolute Gasteiger partial charge is 0.469 e. The number of carbonyl (C=O) groups is 1. The van der Waals surface area contributed by atoms with Crippen LogP contribution in [0.3, 0.4) is 0 Å². The Balaban J connectivity index is 0.000001000. The van der Waals surface area contributed by atoms with Gasteiger partial charge in [-0.3, -0.25) is 9.79 Å². The van der Waals surface area contributed by atoms with E-state index in [4.69, 9.17) is 5.73 Å². The van der Waals surface area contributed by atoms with Crippen LogP contribution in [0.2, 0.25) is 0 Å². The van der Waals surface area contributed by atoms with Crippen LogP contribution in [0.5, 0.6) is 0 Å². The number of methoxy groups -OCH3 is 1. The van der Waals surface area contributed by atoms with Gasteiger partial charge in [-0.2, -0.15) is 0 Å². The highest BCUT2D eigenvalue weighted by Crippen LogP contribution is 2.11. The second-order valence-electron chi connectivity index (χ2n) is 2.26. The Kier molecular flexibility index (Phi) is 3.89. The molecule has 0 radical (unpaired) electrons. The number of rotatable bonds is 1. The van der Waals surface area contributed by atoms with Crippen LogP contribution in [0.15, 0.2) is 4.99 Å². The van der Waals surface area contributed by atoms with E-state index in [2.05, 4.69) is 9.73 Å². The lowest BCUT2D eigenvalue weighted by atomic mass is 10.1. The highest BCUT2D eigenvalue weighted by atomic mass is 35.5. The van der Waals surface area contributed by atoms with E-state index in [0.29, 0.717) is 18.8 Å². The average Bonchev–Trinajstić information content (AvgIpc) is 2.34. The van der Waals surface area contributed by atoms with Crippen molar-refractivity contribution in [2.75, 3.05) is 13.7 Å². The van der Waals surface area contributed by atoms with Gasteiger partial charge in [0.25, 0.3) is 0 Å². The van der Waals surface area contributed by atoms with Crippen molar-refractivity contribution in [2.24, 2.45) is 16.6 Å². The number of nitrogens with zero attached hydrogens (tertiary/aromatic N) is 1. The Morgan fingerprint density at radius 1 is 1.82 bits per heavy atom. The molecule has 0 aromatic rings. The first-order valence-electron chi connectivity index (χ1n) is 3.10. The summed E-state index contributed by atoms with van der Waals surface area (Å²) in [4.78, 5) is 14.7. The minimum absolute atomic E-state index is 0. The highest BCUT2D eigenvalue weighted by molar-refractivity contribution is 5.88. The van der Waals surface area contributed by atoms with Gasteiger partial charge in [0.1, 0.15) is 0 Å². The van der Waals surface area contributed by atoms with Crippen molar-refractivity contribution in [1.29, 1.82) is 0 Å². The molecular weight excluding hydrogens is 168 g/mol. The van der Waals surface area contributed by atoms with Crippen LogP contribution in [-0.2, 0) is 9.53 Å². The zero-order valence-electron chi connectivity index (χ0n) is 6.24. The molecule has 0 aromatic carbocycles. The van der Waals surface area contributed by atoms with Crippen molar-refractivity contribution in [3.05, 3.63) is 0 Å². The summed E-state index contributed by atoms with van der Waals surface area (Å²) in [6.45, 7) is 0.485. The summed E-state index contributed by atoms with van der Waals surface area (Å²) in [5.41, 5.74) is 5.36. The number of amidine groups is 1. The number of halogens is 1. The zero-order valence-corrected chi connectivity index (χ0v) is 7.06. The predicted octanol–water partition coefficient (Wildman–Crippen LogP) is -0.0417. The van der Waals surface area contributed by atoms with Gasteiger partial charge < -0.3 is 10.5 Å². The monoisotopic (exact) mass is 178 g/mol. The minimum atomic E-state index is -0.218. The predicted molar refractivity (Wildman–Crippen MR) is 43.9 cm³/mol. The first-order valence-corrected chi connectivity index (χ1v) is 3.10. The molecule has 2 N–H and O–H groups in total. The fraction of sp³-hybridized carbons (Fsp3) is 0.667. The van der Waals surface area contributed by atoms with Crippen LogP contribution < -0.4 is 5.73 Å². The first kappa shape index (κ1) is 10.2.